The van der Waals surface area contributed by atoms with Crippen LogP contribution in [0.5, 0.6) is 5.75 Å². The number of carbonyl (C=O) groups excluding carboxylic acids is 2. The Balaban J connectivity index is 1.66. The summed E-state index contributed by atoms with van der Waals surface area (Å²) in [5.74, 6) is -3.57. The maximum absolute atomic E-state index is 13.8. The summed E-state index contributed by atoms with van der Waals surface area (Å²) in [6.07, 6.45) is 3.72. The molecule has 0 aliphatic carbocycles. The summed E-state index contributed by atoms with van der Waals surface area (Å²) in [5.41, 5.74) is -1.35. The van der Waals surface area contributed by atoms with E-state index in [-0.39, 0.29) is 35.4 Å². The Kier molecular flexibility index (Phi) is 5.05. The van der Waals surface area contributed by atoms with Gasteiger partial charge in [0.2, 0.25) is 5.43 Å². The zero-order chi connectivity index (χ0) is 21.6. The predicted octanol–water partition coefficient (Wildman–Crippen LogP) is 2.33. The van der Waals surface area contributed by atoms with Crippen molar-refractivity contribution >= 4 is 11.8 Å². The number of nitrogens with one attached hydrogen (secondary N) is 1. The molecular formula is C21H21F2N3O4. The number of hydrogen-bond acceptors (Lipinski definition) is 4. The van der Waals surface area contributed by atoms with E-state index in [0.29, 0.717) is 12.6 Å². The number of pyridine rings is 1. The van der Waals surface area contributed by atoms with Gasteiger partial charge in [-0.3, -0.25) is 14.4 Å². The number of nitrogens with zero attached hydrogens (tertiary/aromatic N) is 2. The van der Waals surface area contributed by atoms with Crippen LogP contribution in [0.25, 0.3) is 0 Å². The van der Waals surface area contributed by atoms with Gasteiger partial charge < -0.3 is 19.9 Å². The third-order valence-corrected chi connectivity index (χ3v) is 5.87. The Morgan fingerprint density at radius 1 is 1.27 bits per heavy atom. The highest BCUT2D eigenvalue weighted by Crippen LogP contribution is 2.34. The van der Waals surface area contributed by atoms with Crippen LogP contribution in [0.2, 0.25) is 0 Å². The number of hydrogen-bond donors (Lipinski definition) is 2. The number of benzene rings is 1. The second-order valence-corrected chi connectivity index (χ2v) is 7.79. The Morgan fingerprint density at radius 3 is 2.77 bits per heavy atom. The van der Waals surface area contributed by atoms with Crippen molar-refractivity contribution in [3.8, 4) is 5.75 Å². The van der Waals surface area contributed by atoms with Crippen LogP contribution >= 0.6 is 0 Å². The van der Waals surface area contributed by atoms with Crippen LogP contribution in [0.4, 0.5) is 8.78 Å². The fraction of sp³-hybridized carbons (Fsp3) is 0.381. The van der Waals surface area contributed by atoms with E-state index in [4.69, 9.17) is 0 Å². The van der Waals surface area contributed by atoms with Crippen LogP contribution in [-0.2, 0) is 6.54 Å². The lowest BCUT2D eigenvalue weighted by Crippen LogP contribution is -2.47. The molecule has 2 aliphatic heterocycles. The highest BCUT2D eigenvalue weighted by Gasteiger charge is 2.38. The fourth-order valence-electron chi connectivity index (χ4n) is 4.17. The zero-order valence-corrected chi connectivity index (χ0v) is 16.3. The summed E-state index contributed by atoms with van der Waals surface area (Å²) in [5, 5.41) is 12.9. The second kappa shape index (κ2) is 7.55. The molecule has 2 N–H and O–H groups in total. The van der Waals surface area contributed by atoms with Crippen LogP contribution in [-0.4, -0.2) is 39.0 Å². The molecule has 0 radical (unpaired) electrons. The van der Waals surface area contributed by atoms with Crippen molar-refractivity contribution in [3.05, 3.63) is 63.1 Å². The molecule has 30 heavy (non-hydrogen) atoms. The predicted molar refractivity (Wildman–Crippen MR) is 103 cm³/mol. The van der Waals surface area contributed by atoms with Gasteiger partial charge in [0.25, 0.3) is 11.8 Å². The molecule has 2 atom stereocenters. The van der Waals surface area contributed by atoms with Crippen LogP contribution in [0.3, 0.4) is 0 Å². The largest absolute Gasteiger partial charge is 0.503 e. The zero-order valence-electron chi connectivity index (χ0n) is 16.3. The molecular weight excluding hydrogens is 396 g/mol. The first-order valence-corrected chi connectivity index (χ1v) is 9.79. The van der Waals surface area contributed by atoms with E-state index in [9.17, 15) is 28.3 Å². The number of aromatic nitrogens is 1. The first-order chi connectivity index (χ1) is 14.3. The van der Waals surface area contributed by atoms with Gasteiger partial charge in [-0.05, 0) is 32.3 Å². The maximum Gasteiger partial charge on any atom is 0.274 e. The minimum absolute atomic E-state index is 0.000618. The summed E-state index contributed by atoms with van der Waals surface area (Å²) in [7, 11) is 0. The van der Waals surface area contributed by atoms with Crippen LogP contribution in [0.15, 0.2) is 29.2 Å². The normalized spacial score (nSPS) is 20.5. The lowest BCUT2D eigenvalue weighted by atomic mass is 10.1. The summed E-state index contributed by atoms with van der Waals surface area (Å²) in [6.45, 7) is 2.11. The van der Waals surface area contributed by atoms with E-state index >= 15 is 0 Å². The van der Waals surface area contributed by atoms with Crippen LogP contribution in [0, 0.1) is 11.6 Å². The number of carbonyl (C=O) groups is 2. The van der Waals surface area contributed by atoms with Crippen molar-refractivity contribution in [2.45, 2.75) is 44.8 Å². The van der Waals surface area contributed by atoms with E-state index in [1.54, 1.807) is 4.90 Å². The van der Waals surface area contributed by atoms with Gasteiger partial charge in [0.05, 0.1) is 6.04 Å². The van der Waals surface area contributed by atoms with Crippen molar-refractivity contribution in [1.29, 1.82) is 0 Å². The summed E-state index contributed by atoms with van der Waals surface area (Å²) in [6, 6.07) is 2.80. The SMILES string of the molecule is CC1CCC[C@H]2CN1C(=O)c1c(O)c(=O)c(C(=O)NCc3ccc(F)cc3F)cn12. The van der Waals surface area contributed by atoms with Crippen molar-refractivity contribution in [2.24, 2.45) is 0 Å². The summed E-state index contributed by atoms with van der Waals surface area (Å²) >= 11 is 0. The van der Waals surface area contributed by atoms with Crippen molar-refractivity contribution in [3.63, 3.8) is 0 Å². The first kappa shape index (κ1) is 20.1. The molecule has 2 amide bonds. The summed E-state index contributed by atoms with van der Waals surface area (Å²) < 4.78 is 28.3. The monoisotopic (exact) mass is 417 g/mol. The van der Waals surface area contributed by atoms with Crippen LogP contribution < -0.4 is 10.7 Å². The highest BCUT2D eigenvalue weighted by atomic mass is 19.1. The third kappa shape index (κ3) is 3.34. The van der Waals surface area contributed by atoms with Gasteiger partial charge in [-0.15, -0.1) is 0 Å². The molecule has 0 saturated carbocycles. The van der Waals surface area contributed by atoms with Gasteiger partial charge in [0, 0.05) is 37.0 Å². The minimum Gasteiger partial charge on any atom is -0.503 e. The van der Waals surface area contributed by atoms with Crippen molar-refractivity contribution in [1.82, 2.24) is 14.8 Å². The fourth-order valence-corrected chi connectivity index (χ4v) is 4.17. The summed E-state index contributed by atoms with van der Waals surface area (Å²) in [4.78, 5) is 39.7. The van der Waals surface area contributed by atoms with E-state index < -0.39 is 34.6 Å². The maximum atomic E-state index is 13.8. The minimum atomic E-state index is -0.959. The van der Waals surface area contributed by atoms with Gasteiger partial charge in [-0.25, -0.2) is 8.78 Å². The Morgan fingerprint density at radius 2 is 2.03 bits per heavy atom. The molecule has 4 rings (SSSR count). The number of halogens is 2. The molecule has 1 fully saturated rings. The molecule has 3 heterocycles. The molecule has 9 heteroatoms. The van der Waals surface area contributed by atoms with Crippen molar-refractivity contribution < 1.29 is 23.5 Å². The van der Waals surface area contributed by atoms with E-state index in [0.717, 1.165) is 25.3 Å². The number of aromatic hydroxyl groups is 1. The Hall–Kier alpha value is -3.23. The van der Waals surface area contributed by atoms with Gasteiger partial charge in [-0.1, -0.05) is 6.07 Å². The number of fused-ring (bicyclic) bond motifs is 4. The van der Waals surface area contributed by atoms with E-state index in [1.807, 2.05) is 6.92 Å². The molecule has 2 bridgehead atoms. The van der Waals surface area contributed by atoms with Gasteiger partial charge in [0.1, 0.15) is 17.2 Å². The Bertz CT molecular complexity index is 1100. The molecule has 7 nitrogen and oxygen atoms in total. The molecule has 1 saturated heterocycles. The van der Waals surface area contributed by atoms with Gasteiger partial charge in [0.15, 0.2) is 11.4 Å². The molecule has 1 unspecified atom stereocenters. The highest BCUT2D eigenvalue weighted by molar-refractivity contribution is 5.99. The molecule has 1 aromatic carbocycles. The third-order valence-electron chi connectivity index (χ3n) is 5.87. The van der Waals surface area contributed by atoms with E-state index in [2.05, 4.69) is 5.32 Å². The van der Waals surface area contributed by atoms with Crippen LogP contribution in [0.1, 0.15) is 58.6 Å². The van der Waals surface area contributed by atoms with Gasteiger partial charge >= 0.3 is 0 Å². The smallest absolute Gasteiger partial charge is 0.274 e. The topological polar surface area (TPSA) is 91.6 Å². The first-order valence-electron chi connectivity index (χ1n) is 9.79. The number of rotatable bonds is 3. The average Bonchev–Trinajstić information content (AvgIpc) is 2.87. The quantitative estimate of drug-likeness (QED) is 0.802. The standard InChI is InChI=1S/C21H21F2N3O4/c1-11-3-2-4-14-9-25(11)21(30)17-19(28)18(27)15(10-26(14)17)20(29)24-8-12-5-6-13(22)7-16(12)23/h5-7,10-11,14,28H,2-4,8-9H2,1H3,(H,24,29)/t11?,14-/m0/s1. The molecule has 2 aromatic rings. The molecule has 0 spiro atoms. The average molecular weight is 417 g/mol. The lowest BCUT2D eigenvalue weighted by Gasteiger charge is -2.37. The molecule has 158 valence electrons. The van der Waals surface area contributed by atoms with E-state index in [1.165, 1.54) is 16.8 Å². The lowest BCUT2D eigenvalue weighted by molar-refractivity contribution is 0.0604. The second-order valence-electron chi connectivity index (χ2n) is 7.79. The van der Waals surface area contributed by atoms with Gasteiger partial charge in [-0.2, -0.15) is 0 Å². The van der Waals surface area contributed by atoms with Crippen molar-refractivity contribution in [2.75, 3.05) is 6.54 Å². The molecule has 1 aromatic heterocycles. The molecule has 2 aliphatic rings. The Labute approximate surface area is 170 Å². The number of amides is 2.